The number of likely N-dealkylation sites (tertiary alicyclic amines) is 1. The minimum absolute atomic E-state index is 0.0543. The summed E-state index contributed by atoms with van der Waals surface area (Å²) in [4.78, 5) is 15.1. The van der Waals surface area contributed by atoms with Crippen LogP contribution in [-0.4, -0.2) is 35.1 Å². The van der Waals surface area contributed by atoms with Crippen molar-refractivity contribution in [2.45, 2.75) is 66.3 Å². The number of nitrogens with two attached hydrogens (primary N) is 1. The Balaban J connectivity index is 2.18. The molecule has 2 N–H and O–H groups in total. The highest BCUT2D eigenvalue weighted by Crippen LogP contribution is 2.35. The van der Waals surface area contributed by atoms with Crippen LogP contribution in [0.3, 0.4) is 0 Å². The van der Waals surface area contributed by atoms with Crippen LogP contribution in [0, 0.1) is 25.2 Å². The normalized spacial score (nSPS) is 22.7. The summed E-state index contributed by atoms with van der Waals surface area (Å²) >= 11 is 0. The molecule has 2 heterocycles. The molecule has 1 saturated heterocycles. The van der Waals surface area contributed by atoms with E-state index in [0.29, 0.717) is 12.5 Å². The van der Waals surface area contributed by atoms with E-state index in [0.717, 1.165) is 30.0 Å². The van der Waals surface area contributed by atoms with Crippen molar-refractivity contribution in [3.8, 4) is 0 Å². The first-order valence-electron chi connectivity index (χ1n) is 8.42. The summed E-state index contributed by atoms with van der Waals surface area (Å²) < 4.78 is 5.26. The van der Waals surface area contributed by atoms with Crippen molar-refractivity contribution in [3.63, 3.8) is 0 Å². The number of nitrogens with zero attached hydrogens (tertiary/aromatic N) is 2. The van der Waals surface area contributed by atoms with Crippen LogP contribution < -0.4 is 5.73 Å². The molecule has 1 amide bonds. The molecule has 2 rings (SSSR count). The van der Waals surface area contributed by atoms with Gasteiger partial charge in [-0.3, -0.25) is 4.79 Å². The van der Waals surface area contributed by atoms with Crippen LogP contribution in [0.2, 0.25) is 0 Å². The van der Waals surface area contributed by atoms with E-state index in [4.69, 9.17) is 10.3 Å². The third kappa shape index (κ3) is 3.60. The molecule has 130 valence electrons. The second-order valence-electron chi connectivity index (χ2n) is 8.72. The summed E-state index contributed by atoms with van der Waals surface area (Å²) in [5.41, 5.74) is 7.57. The van der Waals surface area contributed by atoms with Gasteiger partial charge in [-0.05, 0) is 45.4 Å². The smallest absolute Gasteiger partial charge is 0.232 e. The Hall–Kier alpha value is -1.36. The molecule has 0 spiro atoms. The molecule has 0 aromatic carbocycles. The van der Waals surface area contributed by atoms with E-state index < -0.39 is 5.41 Å². The summed E-state index contributed by atoms with van der Waals surface area (Å²) in [7, 11) is 0. The van der Waals surface area contributed by atoms with E-state index in [9.17, 15) is 4.79 Å². The zero-order chi connectivity index (χ0) is 17.6. The highest BCUT2D eigenvalue weighted by molar-refractivity contribution is 5.88. The number of amides is 1. The van der Waals surface area contributed by atoms with E-state index in [1.807, 2.05) is 32.6 Å². The lowest BCUT2D eigenvalue weighted by molar-refractivity contribution is -0.135. The van der Waals surface area contributed by atoms with E-state index >= 15 is 0 Å². The molecule has 1 aromatic rings. The Morgan fingerprint density at radius 1 is 1.26 bits per heavy atom. The first-order chi connectivity index (χ1) is 10.4. The maximum absolute atomic E-state index is 13.1. The van der Waals surface area contributed by atoms with E-state index in [2.05, 4.69) is 25.9 Å². The Kier molecular flexibility index (Phi) is 4.64. The van der Waals surface area contributed by atoms with Crippen molar-refractivity contribution in [2.75, 3.05) is 13.1 Å². The Labute approximate surface area is 139 Å². The Morgan fingerprint density at radius 2 is 1.87 bits per heavy atom. The lowest BCUT2D eigenvalue weighted by atomic mass is 9.81. The van der Waals surface area contributed by atoms with Gasteiger partial charge in [0.1, 0.15) is 5.76 Å². The quantitative estimate of drug-likeness (QED) is 0.929. The molecule has 5 heteroatoms. The van der Waals surface area contributed by atoms with Gasteiger partial charge < -0.3 is 15.2 Å². The monoisotopic (exact) mass is 321 g/mol. The molecule has 1 aromatic heterocycles. The maximum Gasteiger partial charge on any atom is 0.232 e. The summed E-state index contributed by atoms with van der Waals surface area (Å²) in [5.74, 6) is 1.19. The zero-order valence-electron chi connectivity index (χ0n) is 15.6. The lowest BCUT2D eigenvalue weighted by Crippen LogP contribution is -2.43. The zero-order valence-corrected chi connectivity index (χ0v) is 15.6. The van der Waals surface area contributed by atoms with Gasteiger partial charge in [0.05, 0.1) is 11.1 Å². The molecular weight excluding hydrogens is 290 g/mol. The molecule has 23 heavy (non-hydrogen) atoms. The van der Waals surface area contributed by atoms with Crippen LogP contribution in [-0.2, 0) is 10.2 Å². The largest absolute Gasteiger partial charge is 0.361 e. The van der Waals surface area contributed by atoms with Crippen molar-refractivity contribution < 1.29 is 9.32 Å². The highest BCUT2D eigenvalue weighted by Gasteiger charge is 2.43. The number of hydrogen-bond donors (Lipinski definition) is 1. The number of aromatic nitrogens is 1. The molecule has 0 bridgehead atoms. The fourth-order valence-corrected chi connectivity index (χ4v) is 3.94. The first kappa shape index (κ1) is 18.0. The summed E-state index contributed by atoms with van der Waals surface area (Å²) in [6.45, 7) is 15.7. The van der Waals surface area contributed by atoms with Crippen LogP contribution in [0.5, 0.6) is 0 Å². The Bertz CT molecular complexity index is 564. The summed E-state index contributed by atoms with van der Waals surface area (Å²) in [6, 6.07) is 0.0543. The molecule has 1 aliphatic heterocycles. The number of hydrogen-bond acceptors (Lipinski definition) is 4. The Morgan fingerprint density at radius 3 is 2.35 bits per heavy atom. The average Bonchev–Trinajstić information content (AvgIpc) is 2.91. The van der Waals surface area contributed by atoms with E-state index in [-0.39, 0.29) is 17.4 Å². The van der Waals surface area contributed by atoms with Gasteiger partial charge in [-0.25, -0.2) is 0 Å². The third-order valence-corrected chi connectivity index (χ3v) is 4.85. The lowest BCUT2D eigenvalue weighted by Gasteiger charge is -2.30. The SMILES string of the molecule is Cc1noc(C)c1C(C)(C)C(=O)N1CC(N)C(CC(C)(C)C)C1. The molecule has 0 aliphatic carbocycles. The maximum atomic E-state index is 13.1. The summed E-state index contributed by atoms with van der Waals surface area (Å²) in [6.07, 6.45) is 1.03. The van der Waals surface area contributed by atoms with Gasteiger partial charge in [0.2, 0.25) is 5.91 Å². The van der Waals surface area contributed by atoms with E-state index in [1.54, 1.807) is 0 Å². The van der Waals surface area contributed by atoms with Crippen LogP contribution in [0.15, 0.2) is 4.52 Å². The average molecular weight is 321 g/mol. The van der Waals surface area contributed by atoms with E-state index in [1.165, 1.54) is 0 Å². The molecule has 2 unspecified atom stereocenters. The van der Waals surface area contributed by atoms with Crippen LogP contribution >= 0.6 is 0 Å². The van der Waals surface area contributed by atoms with Crippen molar-refractivity contribution in [3.05, 3.63) is 17.0 Å². The van der Waals surface area contributed by atoms with Crippen molar-refractivity contribution >= 4 is 5.91 Å². The predicted molar refractivity (Wildman–Crippen MR) is 91.1 cm³/mol. The van der Waals surface area contributed by atoms with Crippen molar-refractivity contribution in [1.29, 1.82) is 0 Å². The van der Waals surface area contributed by atoms with Gasteiger partial charge in [0.25, 0.3) is 0 Å². The standard InChI is InChI=1S/C18H31N3O2/c1-11-15(12(2)23-20-11)18(6,7)16(22)21-9-13(14(19)10-21)8-17(3,4)5/h13-14H,8-10,19H2,1-7H3. The fraction of sp³-hybridized carbons (Fsp3) is 0.778. The minimum Gasteiger partial charge on any atom is -0.361 e. The van der Waals surface area contributed by atoms with Gasteiger partial charge >= 0.3 is 0 Å². The topological polar surface area (TPSA) is 72.4 Å². The van der Waals surface area contributed by atoms with Gasteiger partial charge in [0.15, 0.2) is 0 Å². The van der Waals surface area contributed by atoms with Crippen LogP contribution in [0.1, 0.15) is 58.1 Å². The van der Waals surface area contributed by atoms with Gasteiger partial charge in [-0.2, -0.15) is 0 Å². The second-order valence-corrected chi connectivity index (χ2v) is 8.72. The second kappa shape index (κ2) is 5.93. The molecule has 1 aliphatic rings. The molecule has 5 nitrogen and oxygen atoms in total. The molecule has 0 saturated carbocycles. The van der Waals surface area contributed by atoms with Gasteiger partial charge in [0, 0.05) is 24.7 Å². The number of rotatable bonds is 3. The minimum atomic E-state index is -0.648. The third-order valence-electron chi connectivity index (χ3n) is 4.85. The van der Waals surface area contributed by atoms with Crippen LogP contribution in [0.4, 0.5) is 0 Å². The molecule has 0 radical (unpaired) electrons. The molecular formula is C18H31N3O2. The number of aryl methyl sites for hydroxylation is 2. The predicted octanol–water partition coefficient (Wildman–Crippen LogP) is 2.79. The van der Waals surface area contributed by atoms with Crippen molar-refractivity contribution in [1.82, 2.24) is 10.1 Å². The highest BCUT2D eigenvalue weighted by atomic mass is 16.5. The number of carbonyl (C=O) groups is 1. The van der Waals surface area contributed by atoms with Gasteiger partial charge in [-0.1, -0.05) is 25.9 Å². The fourth-order valence-electron chi connectivity index (χ4n) is 3.94. The first-order valence-corrected chi connectivity index (χ1v) is 8.42. The molecule has 2 atom stereocenters. The molecule has 1 fully saturated rings. The number of carbonyl (C=O) groups excluding carboxylic acids is 1. The van der Waals surface area contributed by atoms with Gasteiger partial charge in [-0.15, -0.1) is 0 Å². The van der Waals surface area contributed by atoms with Crippen molar-refractivity contribution in [2.24, 2.45) is 17.1 Å². The summed E-state index contributed by atoms with van der Waals surface area (Å²) in [5, 5.41) is 4.00. The van der Waals surface area contributed by atoms with Crippen LogP contribution in [0.25, 0.3) is 0 Å².